The molecule has 0 unspecified atom stereocenters. The Balaban J connectivity index is 2.51. The van der Waals surface area contributed by atoms with Gasteiger partial charge in [-0.1, -0.05) is 27.5 Å². The van der Waals surface area contributed by atoms with E-state index in [-0.39, 0.29) is 16.7 Å². The molecule has 8 heteroatoms. The standard InChI is InChI=1S/C12H10BrClN4O2/c1-6-3-8(13)4-7(2)9(6)17-12-10(18(19)20)11(14)15-5-16-12/h3-5H,1-2H3,(H,15,16,17). The first-order valence-electron chi connectivity index (χ1n) is 5.59. The van der Waals surface area contributed by atoms with E-state index in [2.05, 4.69) is 31.2 Å². The number of hydrogen-bond donors (Lipinski definition) is 1. The summed E-state index contributed by atoms with van der Waals surface area (Å²) in [5.74, 6) is 0.0727. The summed E-state index contributed by atoms with van der Waals surface area (Å²) in [6.07, 6.45) is 1.18. The Morgan fingerprint density at radius 3 is 2.45 bits per heavy atom. The lowest BCUT2D eigenvalue weighted by Crippen LogP contribution is -2.03. The summed E-state index contributed by atoms with van der Waals surface area (Å²) >= 11 is 9.15. The summed E-state index contributed by atoms with van der Waals surface area (Å²) < 4.78 is 0.938. The van der Waals surface area contributed by atoms with Gasteiger partial charge in [-0.2, -0.15) is 0 Å². The molecule has 0 aliphatic heterocycles. The van der Waals surface area contributed by atoms with Crippen molar-refractivity contribution in [2.24, 2.45) is 0 Å². The molecule has 1 heterocycles. The Kier molecular flexibility index (Phi) is 4.20. The zero-order valence-electron chi connectivity index (χ0n) is 10.6. The second kappa shape index (κ2) is 5.72. The Morgan fingerprint density at radius 2 is 1.90 bits per heavy atom. The van der Waals surface area contributed by atoms with E-state index in [1.807, 2.05) is 26.0 Å². The first-order chi connectivity index (χ1) is 9.40. The molecule has 0 saturated heterocycles. The Hall–Kier alpha value is -1.73. The average Bonchev–Trinajstić information content (AvgIpc) is 2.33. The second-order valence-electron chi connectivity index (χ2n) is 4.16. The van der Waals surface area contributed by atoms with Crippen LogP contribution in [0.3, 0.4) is 0 Å². The van der Waals surface area contributed by atoms with E-state index in [1.54, 1.807) is 0 Å². The van der Waals surface area contributed by atoms with Gasteiger partial charge in [0.2, 0.25) is 11.0 Å². The molecule has 0 bridgehead atoms. The number of nitrogens with one attached hydrogen (secondary N) is 1. The highest BCUT2D eigenvalue weighted by molar-refractivity contribution is 9.10. The Labute approximate surface area is 128 Å². The summed E-state index contributed by atoms with van der Waals surface area (Å²) in [5.41, 5.74) is 2.28. The quantitative estimate of drug-likeness (QED) is 0.507. The fourth-order valence-electron chi connectivity index (χ4n) is 1.84. The van der Waals surface area contributed by atoms with Crippen molar-refractivity contribution in [1.29, 1.82) is 0 Å². The number of aryl methyl sites for hydroxylation is 2. The van der Waals surface area contributed by atoms with Gasteiger partial charge in [-0.3, -0.25) is 10.1 Å². The Bertz CT molecular complexity index is 670. The van der Waals surface area contributed by atoms with Crippen LogP contribution in [-0.2, 0) is 0 Å². The van der Waals surface area contributed by atoms with Crippen LogP contribution in [0.15, 0.2) is 22.9 Å². The van der Waals surface area contributed by atoms with Crippen LogP contribution in [0.25, 0.3) is 0 Å². The van der Waals surface area contributed by atoms with Crippen LogP contribution in [0.2, 0.25) is 5.15 Å². The highest BCUT2D eigenvalue weighted by Gasteiger charge is 2.22. The maximum absolute atomic E-state index is 11.1. The summed E-state index contributed by atoms with van der Waals surface area (Å²) in [5, 5.41) is 13.8. The molecule has 2 aromatic rings. The molecule has 6 nitrogen and oxygen atoms in total. The van der Waals surface area contributed by atoms with Crippen LogP contribution in [-0.4, -0.2) is 14.9 Å². The van der Waals surface area contributed by atoms with Gasteiger partial charge in [0.15, 0.2) is 0 Å². The van der Waals surface area contributed by atoms with Crippen molar-refractivity contribution in [3.05, 3.63) is 49.3 Å². The molecular weight excluding hydrogens is 348 g/mol. The van der Waals surface area contributed by atoms with E-state index in [0.717, 1.165) is 21.3 Å². The molecule has 0 aliphatic carbocycles. The molecule has 0 aliphatic rings. The van der Waals surface area contributed by atoms with Crippen LogP contribution in [0.1, 0.15) is 11.1 Å². The number of anilines is 2. The first-order valence-corrected chi connectivity index (χ1v) is 6.76. The molecule has 0 spiro atoms. The van der Waals surface area contributed by atoms with Crippen molar-refractivity contribution >= 4 is 44.7 Å². The molecule has 1 aromatic carbocycles. The van der Waals surface area contributed by atoms with Crippen LogP contribution in [0.5, 0.6) is 0 Å². The number of halogens is 2. The molecule has 1 aromatic heterocycles. The molecule has 0 atom stereocenters. The van der Waals surface area contributed by atoms with Crippen molar-refractivity contribution < 1.29 is 4.92 Å². The minimum absolute atomic E-state index is 0.0727. The van der Waals surface area contributed by atoms with Gasteiger partial charge in [0.25, 0.3) is 0 Å². The number of hydrogen-bond acceptors (Lipinski definition) is 5. The fraction of sp³-hybridized carbons (Fsp3) is 0.167. The number of benzene rings is 1. The predicted molar refractivity (Wildman–Crippen MR) is 80.6 cm³/mol. The largest absolute Gasteiger partial charge is 0.348 e. The van der Waals surface area contributed by atoms with Gasteiger partial charge in [-0.05, 0) is 37.1 Å². The van der Waals surface area contributed by atoms with E-state index in [1.165, 1.54) is 6.33 Å². The summed E-state index contributed by atoms with van der Waals surface area (Å²) in [4.78, 5) is 18.0. The van der Waals surface area contributed by atoms with Crippen molar-refractivity contribution in [1.82, 2.24) is 9.97 Å². The van der Waals surface area contributed by atoms with Crippen molar-refractivity contribution in [2.75, 3.05) is 5.32 Å². The molecule has 20 heavy (non-hydrogen) atoms. The van der Waals surface area contributed by atoms with E-state index in [9.17, 15) is 10.1 Å². The maximum Gasteiger partial charge on any atom is 0.348 e. The molecule has 0 radical (unpaired) electrons. The fourth-order valence-corrected chi connectivity index (χ4v) is 2.73. The van der Waals surface area contributed by atoms with E-state index in [4.69, 9.17) is 11.6 Å². The van der Waals surface area contributed by atoms with Gasteiger partial charge in [-0.15, -0.1) is 0 Å². The van der Waals surface area contributed by atoms with E-state index < -0.39 is 4.92 Å². The molecule has 104 valence electrons. The lowest BCUT2D eigenvalue weighted by molar-refractivity contribution is -0.384. The second-order valence-corrected chi connectivity index (χ2v) is 5.43. The van der Waals surface area contributed by atoms with Crippen LogP contribution < -0.4 is 5.32 Å². The lowest BCUT2D eigenvalue weighted by atomic mass is 10.1. The van der Waals surface area contributed by atoms with Crippen molar-refractivity contribution in [3.63, 3.8) is 0 Å². The normalized spacial score (nSPS) is 10.4. The van der Waals surface area contributed by atoms with Gasteiger partial charge in [-0.25, -0.2) is 9.97 Å². The van der Waals surface area contributed by atoms with Gasteiger partial charge in [0, 0.05) is 10.2 Å². The SMILES string of the molecule is Cc1cc(Br)cc(C)c1Nc1ncnc(Cl)c1[N+](=O)[O-]. The number of nitrogens with zero attached hydrogens (tertiary/aromatic N) is 3. The zero-order valence-corrected chi connectivity index (χ0v) is 13.0. The molecule has 1 N–H and O–H groups in total. The molecular formula is C12H10BrClN4O2. The van der Waals surface area contributed by atoms with Crippen LogP contribution in [0.4, 0.5) is 17.2 Å². The van der Waals surface area contributed by atoms with Gasteiger partial charge >= 0.3 is 5.69 Å². The summed E-state index contributed by atoms with van der Waals surface area (Å²) in [7, 11) is 0. The Morgan fingerprint density at radius 1 is 1.30 bits per heavy atom. The van der Waals surface area contributed by atoms with Crippen molar-refractivity contribution in [2.45, 2.75) is 13.8 Å². The molecule has 2 rings (SSSR count). The summed E-state index contributed by atoms with van der Waals surface area (Å²) in [6, 6.07) is 3.81. The van der Waals surface area contributed by atoms with Crippen LogP contribution in [0, 0.1) is 24.0 Å². The predicted octanol–water partition coefficient (Wildman–Crippen LogP) is 4.16. The first kappa shape index (κ1) is 14.7. The van der Waals surface area contributed by atoms with Gasteiger partial charge in [0.05, 0.1) is 4.92 Å². The molecule has 0 saturated carbocycles. The third kappa shape index (κ3) is 2.88. The number of nitro groups is 1. The molecule has 0 amide bonds. The number of rotatable bonds is 3. The smallest absolute Gasteiger partial charge is 0.334 e. The van der Waals surface area contributed by atoms with Gasteiger partial charge in [0.1, 0.15) is 6.33 Å². The lowest BCUT2D eigenvalue weighted by Gasteiger charge is -2.12. The monoisotopic (exact) mass is 356 g/mol. The van der Waals surface area contributed by atoms with E-state index in [0.29, 0.717) is 0 Å². The van der Waals surface area contributed by atoms with Gasteiger partial charge < -0.3 is 5.32 Å². The third-order valence-electron chi connectivity index (χ3n) is 2.70. The minimum atomic E-state index is -0.603. The topological polar surface area (TPSA) is 81.0 Å². The van der Waals surface area contributed by atoms with E-state index >= 15 is 0 Å². The highest BCUT2D eigenvalue weighted by Crippen LogP contribution is 2.33. The highest BCUT2D eigenvalue weighted by atomic mass is 79.9. The maximum atomic E-state index is 11.1. The number of aromatic nitrogens is 2. The average molecular weight is 358 g/mol. The third-order valence-corrected chi connectivity index (χ3v) is 3.44. The molecule has 0 fully saturated rings. The zero-order chi connectivity index (χ0) is 14.9. The van der Waals surface area contributed by atoms with Crippen LogP contribution >= 0.6 is 27.5 Å². The summed E-state index contributed by atoms with van der Waals surface area (Å²) in [6.45, 7) is 3.80. The van der Waals surface area contributed by atoms with Crippen molar-refractivity contribution in [3.8, 4) is 0 Å². The minimum Gasteiger partial charge on any atom is -0.334 e.